The molecule has 0 amide bonds. The summed E-state index contributed by atoms with van der Waals surface area (Å²) in [5, 5.41) is 0. The molecule has 0 unspecified atom stereocenters. The number of rotatable bonds is 3. The number of hydrogen-bond acceptors (Lipinski definition) is 4. The van der Waals surface area contributed by atoms with Crippen LogP contribution in [0.1, 0.15) is 47.0 Å². The number of H-pyrrole nitrogens is 1. The normalized spacial score (nSPS) is 18.0. The van der Waals surface area contributed by atoms with Gasteiger partial charge in [0.15, 0.2) is 0 Å². The van der Waals surface area contributed by atoms with Crippen LogP contribution in [-0.2, 0) is 19.5 Å². The molecule has 4 rings (SSSR count). The van der Waals surface area contributed by atoms with Crippen molar-refractivity contribution in [1.82, 2.24) is 19.9 Å². The van der Waals surface area contributed by atoms with E-state index in [9.17, 15) is 9.18 Å². The second kappa shape index (κ2) is 5.53. The number of pyridine rings is 1. The maximum absolute atomic E-state index is 13.3. The van der Waals surface area contributed by atoms with E-state index in [-0.39, 0.29) is 5.56 Å². The summed E-state index contributed by atoms with van der Waals surface area (Å²) in [6, 6.07) is 1.82. The maximum Gasteiger partial charge on any atom is 0.255 e. The molecule has 0 radical (unpaired) electrons. The predicted octanol–water partition coefficient (Wildman–Crippen LogP) is 2.05. The molecule has 1 aliphatic carbocycles. The van der Waals surface area contributed by atoms with E-state index in [1.165, 1.54) is 0 Å². The number of hydrogen-bond donors (Lipinski definition) is 1. The number of halogens is 1. The van der Waals surface area contributed by atoms with Crippen molar-refractivity contribution in [3.05, 3.63) is 56.8 Å². The number of nitrogens with one attached hydrogen (secondary N) is 1. The van der Waals surface area contributed by atoms with E-state index in [1.807, 2.05) is 6.07 Å². The lowest BCUT2D eigenvalue weighted by Gasteiger charge is -2.27. The Kier molecular flexibility index (Phi) is 3.49. The zero-order chi connectivity index (χ0) is 16.0. The zero-order valence-corrected chi connectivity index (χ0v) is 13.1. The van der Waals surface area contributed by atoms with E-state index >= 15 is 0 Å². The van der Waals surface area contributed by atoms with Crippen LogP contribution < -0.4 is 5.56 Å². The molecule has 1 fully saturated rings. The Morgan fingerprint density at radius 3 is 3.00 bits per heavy atom. The van der Waals surface area contributed by atoms with Gasteiger partial charge in [-0.2, -0.15) is 4.39 Å². The van der Waals surface area contributed by atoms with Gasteiger partial charge in [0.1, 0.15) is 5.82 Å². The lowest BCUT2D eigenvalue weighted by atomic mass is 10.1. The highest BCUT2D eigenvalue weighted by Gasteiger charge is 2.29. The fraction of sp³-hybridized carbons (Fsp3) is 0.471. The van der Waals surface area contributed by atoms with Crippen molar-refractivity contribution in [2.24, 2.45) is 0 Å². The van der Waals surface area contributed by atoms with Gasteiger partial charge in [-0.05, 0) is 31.4 Å². The van der Waals surface area contributed by atoms with Gasteiger partial charge < -0.3 is 4.98 Å². The molecule has 0 atom stereocenters. The summed E-state index contributed by atoms with van der Waals surface area (Å²) >= 11 is 0. The smallest absolute Gasteiger partial charge is 0.255 e. The van der Waals surface area contributed by atoms with Crippen LogP contribution in [0.15, 0.2) is 17.1 Å². The van der Waals surface area contributed by atoms with Crippen LogP contribution in [0.4, 0.5) is 4.39 Å². The second-order valence-electron chi connectivity index (χ2n) is 6.56. The number of aromatic amines is 1. The monoisotopic (exact) mass is 314 g/mol. The van der Waals surface area contributed by atoms with Gasteiger partial charge in [-0.3, -0.25) is 9.69 Å². The summed E-state index contributed by atoms with van der Waals surface area (Å²) in [6.07, 6.45) is 4.61. The van der Waals surface area contributed by atoms with Crippen molar-refractivity contribution in [2.45, 2.75) is 45.2 Å². The molecule has 120 valence electrons. The van der Waals surface area contributed by atoms with Crippen LogP contribution in [0.25, 0.3) is 0 Å². The van der Waals surface area contributed by atoms with Gasteiger partial charge >= 0.3 is 0 Å². The van der Waals surface area contributed by atoms with Crippen molar-refractivity contribution in [3.63, 3.8) is 0 Å². The van der Waals surface area contributed by atoms with Gasteiger partial charge in [-0.25, -0.2) is 9.97 Å². The molecule has 0 spiro atoms. The molecule has 5 nitrogen and oxygen atoms in total. The van der Waals surface area contributed by atoms with E-state index in [2.05, 4.69) is 19.9 Å². The van der Waals surface area contributed by atoms with Crippen LogP contribution in [0, 0.1) is 12.9 Å². The summed E-state index contributed by atoms with van der Waals surface area (Å²) in [7, 11) is 0. The number of fused-ring (bicyclic) bond motifs is 1. The van der Waals surface area contributed by atoms with Crippen LogP contribution in [-0.4, -0.2) is 26.4 Å². The van der Waals surface area contributed by atoms with Crippen LogP contribution in [0.5, 0.6) is 0 Å². The Hall–Kier alpha value is -2.08. The van der Waals surface area contributed by atoms with Gasteiger partial charge in [0.25, 0.3) is 5.56 Å². The highest BCUT2D eigenvalue weighted by atomic mass is 19.1. The van der Waals surface area contributed by atoms with E-state index in [1.54, 1.807) is 13.1 Å². The Morgan fingerprint density at radius 1 is 1.43 bits per heavy atom. The van der Waals surface area contributed by atoms with Crippen LogP contribution >= 0.6 is 0 Å². The third kappa shape index (κ3) is 2.91. The summed E-state index contributed by atoms with van der Waals surface area (Å²) in [4.78, 5) is 25.9. The average Bonchev–Trinajstić information content (AvgIpc) is 3.36. The summed E-state index contributed by atoms with van der Waals surface area (Å²) in [6.45, 7) is 3.81. The molecular weight excluding hydrogens is 295 g/mol. The molecule has 1 aliphatic heterocycles. The SMILES string of the molecule is Cc1cc(CN2CCc3nc(C4CC4)[nH]c(=O)c3C2)cnc1F. The molecule has 3 heterocycles. The fourth-order valence-electron chi connectivity index (χ4n) is 3.15. The van der Waals surface area contributed by atoms with E-state index in [4.69, 9.17) is 0 Å². The summed E-state index contributed by atoms with van der Waals surface area (Å²) in [5.74, 6) is 0.894. The minimum atomic E-state index is -0.425. The first kappa shape index (κ1) is 14.5. The third-order valence-electron chi connectivity index (χ3n) is 4.61. The number of aryl methyl sites for hydroxylation is 1. The molecule has 2 aromatic heterocycles. The molecule has 2 aromatic rings. The van der Waals surface area contributed by atoms with Crippen molar-refractivity contribution in [3.8, 4) is 0 Å². The Balaban J connectivity index is 1.54. The van der Waals surface area contributed by atoms with Gasteiger partial charge in [-0.15, -0.1) is 0 Å². The number of nitrogens with zero attached hydrogens (tertiary/aromatic N) is 3. The third-order valence-corrected chi connectivity index (χ3v) is 4.61. The largest absolute Gasteiger partial charge is 0.310 e. The van der Waals surface area contributed by atoms with Crippen LogP contribution in [0.2, 0.25) is 0 Å². The van der Waals surface area contributed by atoms with Crippen molar-refractivity contribution >= 4 is 0 Å². The first-order valence-corrected chi connectivity index (χ1v) is 8.05. The zero-order valence-electron chi connectivity index (χ0n) is 13.1. The molecule has 0 bridgehead atoms. The molecular formula is C17H19FN4O. The Morgan fingerprint density at radius 2 is 2.26 bits per heavy atom. The van der Waals surface area contributed by atoms with Crippen molar-refractivity contribution < 1.29 is 4.39 Å². The molecule has 1 N–H and O–H groups in total. The minimum Gasteiger partial charge on any atom is -0.310 e. The van der Waals surface area contributed by atoms with Gasteiger partial charge in [0.2, 0.25) is 5.95 Å². The van der Waals surface area contributed by atoms with Crippen molar-refractivity contribution in [1.29, 1.82) is 0 Å². The lowest BCUT2D eigenvalue weighted by Crippen LogP contribution is -2.35. The number of aromatic nitrogens is 3. The predicted molar refractivity (Wildman–Crippen MR) is 83.6 cm³/mol. The van der Waals surface area contributed by atoms with Crippen molar-refractivity contribution in [2.75, 3.05) is 6.54 Å². The van der Waals surface area contributed by atoms with Gasteiger partial charge in [0, 0.05) is 43.7 Å². The van der Waals surface area contributed by atoms with Gasteiger partial charge in [-0.1, -0.05) is 0 Å². The topological polar surface area (TPSA) is 61.9 Å². The molecule has 2 aliphatic rings. The summed E-state index contributed by atoms with van der Waals surface area (Å²) in [5.41, 5.74) is 3.22. The molecule has 0 saturated heterocycles. The van der Waals surface area contributed by atoms with Gasteiger partial charge in [0.05, 0.1) is 11.3 Å². The second-order valence-corrected chi connectivity index (χ2v) is 6.56. The molecule has 23 heavy (non-hydrogen) atoms. The minimum absolute atomic E-state index is 0.00462. The first-order valence-electron chi connectivity index (χ1n) is 8.05. The van der Waals surface area contributed by atoms with E-state index < -0.39 is 5.95 Å². The summed E-state index contributed by atoms with van der Waals surface area (Å²) < 4.78 is 13.3. The Bertz CT molecular complexity index is 813. The standard InChI is InChI=1S/C17H19FN4O/c1-10-6-11(7-19-15(10)18)8-22-5-4-14-13(9-22)17(23)21-16(20-14)12-2-3-12/h6-7,12H,2-5,8-9H2,1H3,(H,20,21,23). The average molecular weight is 314 g/mol. The Labute approximate surface area is 133 Å². The molecule has 6 heteroatoms. The maximum atomic E-state index is 13.3. The highest BCUT2D eigenvalue weighted by molar-refractivity contribution is 5.24. The highest BCUT2D eigenvalue weighted by Crippen LogP contribution is 2.37. The first-order chi connectivity index (χ1) is 11.1. The quantitative estimate of drug-likeness (QED) is 0.881. The molecule has 0 aromatic carbocycles. The molecule has 1 saturated carbocycles. The fourth-order valence-corrected chi connectivity index (χ4v) is 3.15. The lowest BCUT2D eigenvalue weighted by molar-refractivity contribution is 0.241. The van der Waals surface area contributed by atoms with E-state index in [0.717, 1.165) is 48.5 Å². The van der Waals surface area contributed by atoms with Crippen LogP contribution in [0.3, 0.4) is 0 Å². The van der Waals surface area contributed by atoms with E-state index in [0.29, 0.717) is 24.6 Å².